The van der Waals surface area contributed by atoms with E-state index in [9.17, 15) is 0 Å². The normalized spacial score (nSPS) is 19.1. The van der Waals surface area contributed by atoms with Crippen LogP contribution in [0.15, 0.2) is 29.3 Å². The van der Waals surface area contributed by atoms with Gasteiger partial charge in [0.25, 0.3) is 0 Å². The van der Waals surface area contributed by atoms with Crippen LogP contribution in [0.3, 0.4) is 0 Å². The molecule has 0 aromatic heterocycles. The maximum atomic E-state index is 5.88. The summed E-state index contributed by atoms with van der Waals surface area (Å²) in [5.74, 6) is 1.77. The summed E-state index contributed by atoms with van der Waals surface area (Å²) in [5, 5.41) is 6.56. The predicted molar refractivity (Wildman–Crippen MR) is 80.4 cm³/mol. The second-order valence-electron chi connectivity index (χ2n) is 5.01. The summed E-state index contributed by atoms with van der Waals surface area (Å²) in [6, 6.07) is 8.39. The van der Waals surface area contributed by atoms with Crippen LogP contribution in [0.5, 0.6) is 5.75 Å². The molecule has 0 saturated heterocycles. The first-order chi connectivity index (χ1) is 9.72. The van der Waals surface area contributed by atoms with Crippen LogP contribution in [-0.2, 0) is 11.2 Å². The number of ether oxygens (including phenoxy) is 2. The van der Waals surface area contributed by atoms with Gasteiger partial charge in [0.1, 0.15) is 11.9 Å². The molecule has 2 rings (SSSR count). The van der Waals surface area contributed by atoms with E-state index in [4.69, 9.17) is 9.47 Å². The van der Waals surface area contributed by atoms with Crippen molar-refractivity contribution < 1.29 is 9.47 Å². The van der Waals surface area contributed by atoms with Crippen LogP contribution < -0.4 is 15.4 Å². The lowest BCUT2D eigenvalue weighted by molar-refractivity contribution is 0.178. The monoisotopic (exact) mass is 277 g/mol. The van der Waals surface area contributed by atoms with Crippen molar-refractivity contribution in [2.24, 2.45) is 4.99 Å². The molecule has 2 N–H and O–H groups in total. The van der Waals surface area contributed by atoms with Gasteiger partial charge in [0.2, 0.25) is 0 Å². The molecule has 2 atom stereocenters. The molecule has 5 heteroatoms. The van der Waals surface area contributed by atoms with E-state index in [0.29, 0.717) is 6.61 Å². The molecule has 0 aliphatic carbocycles. The van der Waals surface area contributed by atoms with Gasteiger partial charge in [0, 0.05) is 26.6 Å². The lowest BCUT2D eigenvalue weighted by atomic mass is 10.1. The molecule has 5 nitrogen and oxygen atoms in total. The van der Waals surface area contributed by atoms with E-state index in [1.807, 2.05) is 18.2 Å². The third kappa shape index (κ3) is 3.87. The molecule has 2 unspecified atom stereocenters. The first kappa shape index (κ1) is 14.7. The van der Waals surface area contributed by atoms with Crippen LogP contribution in [0.1, 0.15) is 12.5 Å². The van der Waals surface area contributed by atoms with E-state index in [0.717, 1.165) is 24.7 Å². The smallest absolute Gasteiger partial charge is 0.191 e. The fraction of sp³-hybridized carbons (Fsp3) is 0.533. The molecule has 1 aromatic rings. The van der Waals surface area contributed by atoms with Crippen molar-refractivity contribution in [2.75, 3.05) is 27.3 Å². The zero-order chi connectivity index (χ0) is 14.4. The summed E-state index contributed by atoms with van der Waals surface area (Å²) >= 11 is 0. The van der Waals surface area contributed by atoms with Gasteiger partial charge in [0.15, 0.2) is 5.96 Å². The Morgan fingerprint density at radius 2 is 2.30 bits per heavy atom. The minimum absolute atomic E-state index is 0.156. The first-order valence-corrected chi connectivity index (χ1v) is 6.93. The Labute approximate surface area is 120 Å². The van der Waals surface area contributed by atoms with Crippen LogP contribution in [0.2, 0.25) is 0 Å². The Morgan fingerprint density at radius 1 is 1.50 bits per heavy atom. The van der Waals surface area contributed by atoms with Gasteiger partial charge in [-0.3, -0.25) is 4.99 Å². The molecule has 0 saturated carbocycles. The van der Waals surface area contributed by atoms with Gasteiger partial charge < -0.3 is 20.1 Å². The topological polar surface area (TPSA) is 54.9 Å². The lowest BCUT2D eigenvalue weighted by Crippen LogP contribution is -2.46. The minimum atomic E-state index is 0.156. The highest BCUT2D eigenvalue weighted by molar-refractivity contribution is 5.79. The van der Waals surface area contributed by atoms with Crippen LogP contribution in [0.25, 0.3) is 0 Å². The first-order valence-electron chi connectivity index (χ1n) is 6.93. The molecule has 0 radical (unpaired) electrons. The van der Waals surface area contributed by atoms with Gasteiger partial charge in [-0.1, -0.05) is 18.2 Å². The van der Waals surface area contributed by atoms with Gasteiger partial charge in [-0.15, -0.1) is 0 Å². The molecule has 1 aliphatic rings. The third-order valence-electron chi connectivity index (χ3n) is 3.23. The van der Waals surface area contributed by atoms with Gasteiger partial charge in [0.05, 0.1) is 13.2 Å². The number of para-hydroxylation sites is 1. The zero-order valence-corrected chi connectivity index (χ0v) is 12.3. The molecule has 1 aromatic carbocycles. The van der Waals surface area contributed by atoms with Crippen molar-refractivity contribution in [3.8, 4) is 5.75 Å². The molecular formula is C15H23N3O2. The maximum absolute atomic E-state index is 5.88. The molecule has 1 heterocycles. The van der Waals surface area contributed by atoms with Crippen LogP contribution in [-0.4, -0.2) is 45.4 Å². The quantitative estimate of drug-likeness (QED) is 0.627. The number of rotatable bonds is 5. The highest BCUT2D eigenvalue weighted by Crippen LogP contribution is 2.27. The number of nitrogens with zero attached hydrogens (tertiary/aromatic N) is 1. The number of fused-ring (bicyclic) bond motifs is 1. The number of benzene rings is 1. The van der Waals surface area contributed by atoms with E-state index < -0.39 is 0 Å². The molecule has 0 bridgehead atoms. The van der Waals surface area contributed by atoms with Crippen molar-refractivity contribution in [2.45, 2.75) is 25.5 Å². The van der Waals surface area contributed by atoms with Crippen molar-refractivity contribution in [1.29, 1.82) is 0 Å². The van der Waals surface area contributed by atoms with E-state index in [1.54, 1.807) is 14.2 Å². The third-order valence-corrected chi connectivity index (χ3v) is 3.23. The van der Waals surface area contributed by atoms with Crippen LogP contribution in [0, 0.1) is 0 Å². The van der Waals surface area contributed by atoms with Crippen molar-refractivity contribution in [3.05, 3.63) is 29.8 Å². The molecule has 0 fully saturated rings. The highest BCUT2D eigenvalue weighted by atomic mass is 16.5. The molecule has 20 heavy (non-hydrogen) atoms. The largest absolute Gasteiger partial charge is 0.488 e. The minimum Gasteiger partial charge on any atom is -0.488 e. The van der Waals surface area contributed by atoms with Crippen LogP contribution >= 0.6 is 0 Å². The summed E-state index contributed by atoms with van der Waals surface area (Å²) in [6.45, 7) is 3.43. The average Bonchev–Trinajstić information content (AvgIpc) is 2.86. The number of methoxy groups -OCH3 is 1. The summed E-state index contributed by atoms with van der Waals surface area (Å²) in [5.41, 5.74) is 1.27. The fourth-order valence-electron chi connectivity index (χ4n) is 2.30. The Morgan fingerprint density at radius 3 is 3.00 bits per heavy atom. The molecule has 0 amide bonds. The van der Waals surface area contributed by atoms with Crippen molar-refractivity contribution >= 4 is 5.96 Å². The number of guanidine groups is 1. The Bertz CT molecular complexity index is 437. The number of hydrogen-bond donors (Lipinski definition) is 2. The average molecular weight is 277 g/mol. The Kier molecular flexibility index (Phi) is 5.24. The summed E-state index contributed by atoms with van der Waals surface area (Å²) < 4.78 is 11.0. The van der Waals surface area contributed by atoms with E-state index >= 15 is 0 Å². The second kappa shape index (κ2) is 7.14. The standard InChI is InChI=1S/C15H23N3O2/c1-11(10-19-3)18-15(16-2)17-9-13-8-12-6-4-5-7-14(12)20-13/h4-7,11,13H,8-10H2,1-3H3,(H2,16,17,18). The maximum Gasteiger partial charge on any atom is 0.191 e. The zero-order valence-electron chi connectivity index (χ0n) is 12.3. The van der Waals surface area contributed by atoms with E-state index in [1.165, 1.54) is 5.56 Å². The predicted octanol–water partition coefficient (Wildman–Crippen LogP) is 1.19. The number of nitrogens with one attached hydrogen (secondary N) is 2. The number of aliphatic imine (C=N–C) groups is 1. The molecule has 0 spiro atoms. The molecule has 1 aliphatic heterocycles. The highest BCUT2D eigenvalue weighted by Gasteiger charge is 2.22. The summed E-state index contributed by atoms with van der Waals surface area (Å²) in [4.78, 5) is 4.20. The van der Waals surface area contributed by atoms with Gasteiger partial charge in [-0.2, -0.15) is 0 Å². The SMILES string of the molecule is CN=C(NCC1Cc2ccccc2O1)NC(C)COC. The summed E-state index contributed by atoms with van der Waals surface area (Å²) in [6.07, 6.45) is 1.09. The van der Waals surface area contributed by atoms with Crippen molar-refractivity contribution in [3.63, 3.8) is 0 Å². The lowest BCUT2D eigenvalue weighted by Gasteiger charge is -2.19. The van der Waals surface area contributed by atoms with Gasteiger partial charge >= 0.3 is 0 Å². The second-order valence-corrected chi connectivity index (χ2v) is 5.01. The Hall–Kier alpha value is -1.75. The van der Waals surface area contributed by atoms with Gasteiger partial charge in [-0.05, 0) is 18.6 Å². The summed E-state index contributed by atoms with van der Waals surface area (Å²) in [7, 11) is 3.46. The van der Waals surface area contributed by atoms with Crippen LogP contribution in [0.4, 0.5) is 0 Å². The van der Waals surface area contributed by atoms with Crippen molar-refractivity contribution in [1.82, 2.24) is 10.6 Å². The molecule has 110 valence electrons. The fourth-order valence-corrected chi connectivity index (χ4v) is 2.30. The molecular weight excluding hydrogens is 254 g/mol. The van der Waals surface area contributed by atoms with E-state index in [2.05, 4.69) is 28.6 Å². The van der Waals surface area contributed by atoms with Gasteiger partial charge in [-0.25, -0.2) is 0 Å². The number of hydrogen-bond acceptors (Lipinski definition) is 3. The van der Waals surface area contributed by atoms with E-state index in [-0.39, 0.29) is 12.1 Å². The Balaban J connectivity index is 1.78.